The topological polar surface area (TPSA) is 41.6 Å². The van der Waals surface area contributed by atoms with Gasteiger partial charge in [0.2, 0.25) is 5.91 Å². The summed E-state index contributed by atoms with van der Waals surface area (Å²) in [5.74, 6) is -0.662. The van der Waals surface area contributed by atoms with Gasteiger partial charge in [-0.1, -0.05) is 23.7 Å². The van der Waals surface area contributed by atoms with Gasteiger partial charge in [-0.15, -0.1) is 0 Å². The maximum absolute atomic E-state index is 13.5. The molecule has 1 amide bonds. The fourth-order valence-corrected chi connectivity index (χ4v) is 3.05. The number of nitrogens with one attached hydrogen (secondary N) is 1. The van der Waals surface area contributed by atoms with Crippen LogP contribution in [0.15, 0.2) is 48.5 Å². The zero-order chi connectivity index (χ0) is 20.1. The van der Waals surface area contributed by atoms with Crippen molar-refractivity contribution in [3.05, 3.63) is 64.7 Å². The van der Waals surface area contributed by atoms with Gasteiger partial charge in [0.15, 0.2) is 0 Å². The molecular weight excluding hydrogens is 393 g/mol. The summed E-state index contributed by atoms with van der Waals surface area (Å²) in [5, 5.41) is 2.81. The monoisotopic (exact) mass is 410 g/mol. The summed E-state index contributed by atoms with van der Waals surface area (Å²) in [6.07, 6.45) is -1.94. The Bertz CT molecular complexity index is 878. The Morgan fingerprint density at radius 3 is 2.57 bits per heavy atom. The van der Waals surface area contributed by atoms with Crippen LogP contribution in [0, 0.1) is 0 Å². The number of amides is 1. The van der Waals surface area contributed by atoms with Crippen LogP contribution in [0.25, 0.3) is 6.08 Å². The first kappa shape index (κ1) is 20.2. The number of hydrogen-bond acceptors (Lipinski definition) is 3. The van der Waals surface area contributed by atoms with Crippen molar-refractivity contribution in [2.75, 3.05) is 36.5 Å². The second kappa shape index (κ2) is 8.67. The first-order chi connectivity index (χ1) is 13.3. The molecule has 1 aliphatic heterocycles. The third kappa shape index (κ3) is 5.27. The highest BCUT2D eigenvalue weighted by molar-refractivity contribution is 6.30. The molecule has 28 heavy (non-hydrogen) atoms. The molecule has 0 aromatic heterocycles. The van der Waals surface area contributed by atoms with Gasteiger partial charge in [-0.2, -0.15) is 13.2 Å². The summed E-state index contributed by atoms with van der Waals surface area (Å²) in [5.41, 5.74) is -0.0595. The number of rotatable bonds is 4. The average molecular weight is 411 g/mol. The van der Waals surface area contributed by atoms with Crippen LogP contribution >= 0.6 is 11.6 Å². The second-order valence-corrected chi connectivity index (χ2v) is 6.64. The van der Waals surface area contributed by atoms with Crippen LogP contribution in [0.2, 0.25) is 5.02 Å². The van der Waals surface area contributed by atoms with Gasteiger partial charge in [-0.05, 0) is 42.0 Å². The van der Waals surface area contributed by atoms with Crippen LogP contribution < -0.4 is 10.2 Å². The summed E-state index contributed by atoms with van der Waals surface area (Å²) in [4.78, 5) is 13.9. The molecular formula is C20H18ClF3N2O2. The number of anilines is 2. The van der Waals surface area contributed by atoms with Crippen molar-refractivity contribution in [2.24, 2.45) is 0 Å². The summed E-state index contributed by atoms with van der Waals surface area (Å²) in [6.45, 7) is 1.97. The van der Waals surface area contributed by atoms with E-state index in [0.717, 1.165) is 6.07 Å². The Hall–Kier alpha value is -2.51. The minimum atomic E-state index is -4.60. The van der Waals surface area contributed by atoms with Crippen LogP contribution in [0.4, 0.5) is 24.5 Å². The number of carbonyl (C=O) groups is 1. The van der Waals surface area contributed by atoms with Gasteiger partial charge < -0.3 is 15.0 Å². The van der Waals surface area contributed by atoms with Crippen molar-refractivity contribution in [1.82, 2.24) is 0 Å². The van der Waals surface area contributed by atoms with E-state index in [2.05, 4.69) is 5.32 Å². The van der Waals surface area contributed by atoms with E-state index in [1.54, 1.807) is 30.3 Å². The third-order valence-corrected chi connectivity index (χ3v) is 4.45. The molecule has 1 aliphatic rings. The molecule has 0 radical (unpaired) electrons. The van der Waals surface area contributed by atoms with Gasteiger partial charge in [-0.3, -0.25) is 4.79 Å². The highest BCUT2D eigenvalue weighted by Crippen LogP contribution is 2.37. The lowest BCUT2D eigenvalue weighted by molar-refractivity contribution is -0.136. The fourth-order valence-electron chi connectivity index (χ4n) is 2.85. The van der Waals surface area contributed by atoms with E-state index in [1.807, 2.05) is 4.90 Å². The number of alkyl halides is 3. The lowest BCUT2D eigenvalue weighted by Crippen LogP contribution is -2.36. The smallest absolute Gasteiger partial charge is 0.378 e. The van der Waals surface area contributed by atoms with E-state index < -0.39 is 17.6 Å². The molecule has 1 N–H and O–H groups in total. The van der Waals surface area contributed by atoms with Gasteiger partial charge in [0.05, 0.1) is 24.5 Å². The SMILES string of the molecule is O=C(C=Cc1cccc(Cl)c1)Nc1ccc(N2CCOCC2)cc1C(F)(F)F. The predicted molar refractivity (Wildman–Crippen MR) is 104 cm³/mol. The van der Waals surface area contributed by atoms with Gasteiger partial charge in [0.1, 0.15) is 0 Å². The van der Waals surface area contributed by atoms with Crippen LogP contribution in [0.1, 0.15) is 11.1 Å². The first-order valence-electron chi connectivity index (χ1n) is 8.61. The summed E-state index contributed by atoms with van der Waals surface area (Å²) >= 11 is 5.87. The number of halogens is 4. The highest BCUT2D eigenvalue weighted by atomic mass is 35.5. The molecule has 2 aromatic rings. The molecule has 0 bridgehead atoms. The number of carbonyl (C=O) groups excluding carboxylic acids is 1. The molecule has 4 nitrogen and oxygen atoms in total. The summed E-state index contributed by atoms with van der Waals surface area (Å²) in [6, 6.07) is 10.7. The molecule has 1 heterocycles. The number of hydrogen-bond donors (Lipinski definition) is 1. The Balaban J connectivity index is 1.79. The van der Waals surface area contributed by atoms with E-state index in [9.17, 15) is 18.0 Å². The molecule has 0 saturated carbocycles. The first-order valence-corrected chi connectivity index (χ1v) is 8.99. The number of morpholine rings is 1. The van der Waals surface area contributed by atoms with E-state index in [-0.39, 0.29) is 5.69 Å². The van der Waals surface area contributed by atoms with Crippen LogP contribution in [-0.4, -0.2) is 32.2 Å². The van der Waals surface area contributed by atoms with Crippen LogP contribution in [0.5, 0.6) is 0 Å². The minimum Gasteiger partial charge on any atom is -0.378 e. The van der Waals surface area contributed by atoms with Gasteiger partial charge >= 0.3 is 6.18 Å². The lowest BCUT2D eigenvalue weighted by Gasteiger charge is -2.29. The normalized spacial score (nSPS) is 15.1. The van der Waals surface area contributed by atoms with Crippen molar-refractivity contribution in [1.29, 1.82) is 0 Å². The van der Waals surface area contributed by atoms with E-state index in [1.165, 1.54) is 18.2 Å². The minimum absolute atomic E-state index is 0.287. The number of nitrogens with zero attached hydrogens (tertiary/aromatic N) is 1. The zero-order valence-electron chi connectivity index (χ0n) is 14.8. The molecule has 0 atom stereocenters. The second-order valence-electron chi connectivity index (χ2n) is 6.20. The van der Waals surface area contributed by atoms with E-state index in [4.69, 9.17) is 16.3 Å². The number of benzene rings is 2. The maximum Gasteiger partial charge on any atom is 0.418 e. The Labute approximate surface area is 165 Å². The average Bonchev–Trinajstić information content (AvgIpc) is 2.67. The molecule has 1 fully saturated rings. The standard InChI is InChI=1S/C20H18ClF3N2O2/c21-15-3-1-2-14(12-15)4-7-19(27)25-18-6-5-16(13-17(18)20(22,23)24)26-8-10-28-11-9-26/h1-7,12-13H,8-11H2,(H,25,27). The molecule has 0 unspecified atom stereocenters. The summed E-state index contributed by atoms with van der Waals surface area (Å²) in [7, 11) is 0. The Morgan fingerprint density at radius 1 is 1.14 bits per heavy atom. The maximum atomic E-state index is 13.5. The fraction of sp³-hybridized carbons (Fsp3) is 0.250. The molecule has 1 saturated heterocycles. The predicted octanol–water partition coefficient (Wildman–Crippen LogP) is 4.85. The van der Waals surface area contributed by atoms with Gasteiger partial charge in [-0.25, -0.2) is 0 Å². The summed E-state index contributed by atoms with van der Waals surface area (Å²) < 4.78 is 45.8. The molecule has 0 spiro atoms. The largest absolute Gasteiger partial charge is 0.418 e. The molecule has 8 heteroatoms. The zero-order valence-corrected chi connectivity index (χ0v) is 15.6. The Kier molecular flexibility index (Phi) is 6.26. The molecule has 3 rings (SSSR count). The molecule has 0 aliphatic carbocycles. The van der Waals surface area contributed by atoms with Gasteiger partial charge in [0.25, 0.3) is 0 Å². The van der Waals surface area contributed by atoms with Crippen LogP contribution in [-0.2, 0) is 15.7 Å². The number of ether oxygens (including phenoxy) is 1. The molecule has 2 aromatic carbocycles. The van der Waals surface area contributed by atoms with Crippen molar-refractivity contribution >= 4 is 35.0 Å². The highest BCUT2D eigenvalue weighted by Gasteiger charge is 2.34. The van der Waals surface area contributed by atoms with Crippen molar-refractivity contribution in [3.63, 3.8) is 0 Å². The van der Waals surface area contributed by atoms with Crippen molar-refractivity contribution < 1.29 is 22.7 Å². The van der Waals surface area contributed by atoms with Crippen molar-refractivity contribution in [2.45, 2.75) is 6.18 Å². The van der Waals surface area contributed by atoms with Crippen LogP contribution in [0.3, 0.4) is 0 Å². The Morgan fingerprint density at radius 2 is 1.89 bits per heavy atom. The van der Waals surface area contributed by atoms with E-state index >= 15 is 0 Å². The van der Waals surface area contributed by atoms with E-state index in [0.29, 0.717) is 42.6 Å². The molecule has 148 valence electrons. The van der Waals surface area contributed by atoms with Crippen molar-refractivity contribution in [3.8, 4) is 0 Å². The third-order valence-electron chi connectivity index (χ3n) is 4.22. The lowest BCUT2D eigenvalue weighted by atomic mass is 10.1. The van der Waals surface area contributed by atoms with Gasteiger partial charge in [0, 0.05) is 29.9 Å². The quantitative estimate of drug-likeness (QED) is 0.733.